The molecular formula is C81H158O17P2. The van der Waals surface area contributed by atoms with E-state index in [0.29, 0.717) is 31.6 Å². The second-order valence-electron chi connectivity index (χ2n) is 31.1. The number of unbranched alkanes of at least 4 members (excludes halogenated alkanes) is 44. The Hall–Kier alpha value is -1.94. The van der Waals surface area contributed by atoms with E-state index in [2.05, 4.69) is 55.4 Å². The Bertz CT molecular complexity index is 1950. The first-order valence-corrected chi connectivity index (χ1v) is 44.7. The van der Waals surface area contributed by atoms with Gasteiger partial charge >= 0.3 is 39.5 Å². The summed E-state index contributed by atoms with van der Waals surface area (Å²) in [5.41, 5.74) is 0. The van der Waals surface area contributed by atoms with Crippen LogP contribution in [-0.2, 0) is 65.4 Å². The molecule has 0 radical (unpaired) electrons. The number of aliphatic hydroxyl groups excluding tert-OH is 1. The van der Waals surface area contributed by atoms with E-state index in [0.717, 1.165) is 114 Å². The number of esters is 4. The third kappa shape index (κ3) is 74.3. The number of ether oxygens (including phenoxy) is 4. The fraction of sp³-hybridized carbons (Fsp3) is 0.951. The highest BCUT2D eigenvalue weighted by Gasteiger charge is 2.30. The van der Waals surface area contributed by atoms with Crippen molar-refractivity contribution in [2.24, 2.45) is 23.7 Å². The van der Waals surface area contributed by atoms with Crippen LogP contribution in [-0.4, -0.2) is 96.7 Å². The van der Waals surface area contributed by atoms with Crippen molar-refractivity contribution in [3.8, 4) is 0 Å². The van der Waals surface area contributed by atoms with E-state index >= 15 is 0 Å². The average molecular weight is 1470 g/mol. The van der Waals surface area contributed by atoms with Crippen LogP contribution < -0.4 is 0 Å². The Morgan fingerprint density at radius 3 is 0.620 bits per heavy atom. The summed E-state index contributed by atoms with van der Waals surface area (Å²) >= 11 is 0. The molecule has 17 nitrogen and oxygen atoms in total. The summed E-state index contributed by atoms with van der Waals surface area (Å²) in [4.78, 5) is 72.9. The quantitative estimate of drug-likeness (QED) is 0.0222. The third-order valence-electron chi connectivity index (χ3n) is 18.8. The van der Waals surface area contributed by atoms with E-state index in [-0.39, 0.29) is 25.7 Å². The van der Waals surface area contributed by atoms with Gasteiger partial charge in [0, 0.05) is 25.7 Å². The van der Waals surface area contributed by atoms with Gasteiger partial charge in [-0.05, 0) is 49.4 Å². The SMILES string of the molecule is CC(C)CCCCCCCCCCCCCCCCCCCCC(=O)O[C@H](COC(=O)CCCCCCCCCCCC(C)C)COP(=O)(O)OCC(O)COP(=O)(O)OC[C@@H](COC(=O)CCCCCCCCC(C)C)OC(=O)CCCCCCCCCCCCCCCCCC(C)C. The molecule has 0 saturated carbocycles. The van der Waals surface area contributed by atoms with Crippen LogP contribution in [0.5, 0.6) is 0 Å². The number of phosphoric ester groups is 2. The molecule has 0 aliphatic carbocycles. The molecule has 5 atom stereocenters. The van der Waals surface area contributed by atoms with Crippen molar-refractivity contribution in [1.29, 1.82) is 0 Å². The number of hydrogen-bond donors (Lipinski definition) is 3. The van der Waals surface area contributed by atoms with Crippen LogP contribution in [0.2, 0.25) is 0 Å². The van der Waals surface area contributed by atoms with Crippen LogP contribution in [0.3, 0.4) is 0 Å². The Kier molecular flexibility index (Phi) is 68.7. The average Bonchev–Trinajstić information content (AvgIpc) is 1.38. The van der Waals surface area contributed by atoms with Gasteiger partial charge in [0.15, 0.2) is 12.2 Å². The zero-order chi connectivity index (χ0) is 73.8. The molecule has 0 aromatic heterocycles. The lowest BCUT2D eigenvalue weighted by Gasteiger charge is -2.21. The summed E-state index contributed by atoms with van der Waals surface area (Å²) in [7, 11) is -9.92. The predicted octanol–water partition coefficient (Wildman–Crippen LogP) is 24.0. The van der Waals surface area contributed by atoms with E-state index in [4.69, 9.17) is 37.0 Å². The fourth-order valence-corrected chi connectivity index (χ4v) is 14.0. The van der Waals surface area contributed by atoms with Crippen molar-refractivity contribution in [1.82, 2.24) is 0 Å². The molecule has 594 valence electrons. The van der Waals surface area contributed by atoms with Crippen LogP contribution in [0.15, 0.2) is 0 Å². The minimum absolute atomic E-state index is 0.106. The van der Waals surface area contributed by atoms with Crippen LogP contribution in [0.25, 0.3) is 0 Å². The monoisotopic (exact) mass is 1470 g/mol. The van der Waals surface area contributed by atoms with Gasteiger partial charge in [0.25, 0.3) is 0 Å². The van der Waals surface area contributed by atoms with Crippen LogP contribution in [0, 0.1) is 23.7 Å². The molecule has 100 heavy (non-hydrogen) atoms. The Morgan fingerprint density at radius 1 is 0.250 bits per heavy atom. The maximum Gasteiger partial charge on any atom is 0.472 e. The van der Waals surface area contributed by atoms with Gasteiger partial charge in [-0.15, -0.1) is 0 Å². The van der Waals surface area contributed by atoms with Gasteiger partial charge in [-0.3, -0.25) is 37.3 Å². The van der Waals surface area contributed by atoms with Crippen LogP contribution >= 0.6 is 15.6 Å². The predicted molar refractivity (Wildman–Crippen MR) is 409 cm³/mol. The standard InChI is InChI=1S/C81H158O17P2/c1-71(2)57-49-41-33-27-22-18-14-11-9-10-12-16-20-24-30-37-47-55-63-80(85)97-76(67-91-78(83)61-53-45-36-32-26-29-35-43-51-59-73(5)6)69-95-99(87,88)93-65-75(82)66-94-100(89,90)96-70-77(68-92-79(84)62-54-46-40-39-44-52-60-74(7)8)98-81(86)64-56-48-38-31-25-21-17-13-15-19-23-28-34-42-50-58-72(3)4/h71-77,82H,9-70H2,1-8H3,(H,87,88)(H,89,90)/t75?,76-,77-/m1/s1. The Morgan fingerprint density at radius 2 is 0.420 bits per heavy atom. The van der Waals surface area contributed by atoms with Crippen molar-refractivity contribution in [3.63, 3.8) is 0 Å². The van der Waals surface area contributed by atoms with Crippen LogP contribution in [0.1, 0.15) is 415 Å². The van der Waals surface area contributed by atoms with Crippen molar-refractivity contribution in [3.05, 3.63) is 0 Å². The lowest BCUT2D eigenvalue weighted by molar-refractivity contribution is -0.161. The summed E-state index contributed by atoms with van der Waals surface area (Å²) in [6.07, 6.45) is 57.2. The summed E-state index contributed by atoms with van der Waals surface area (Å²) in [6.45, 7) is 14.2. The molecule has 0 aliphatic rings. The van der Waals surface area contributed by atoms with Gasteiger partial charge < -0.3 is 33.8 Å². The second kappa shape index (κ2) is 70.1. The zero-order valence-electron chi connectivity index (χ0n) is 65.8. The molecule has 0 heterocycles. The second-order valence-corrected chi connectivity index (χ2v) is 34.0. The van der Waals surface area contributed by atoms with E-state index in [9.17, 15) is 43.2 Å². The van der Waals surface area contributed by atoms with Crippen molar-refractivity contribution in [2.45, 2.75) is 433 Å². The van der Waals surface area contributed by atoms with E-state index in [1.807, 2.05) is 0 Å². The molecule has 0 rings (SSSR count). The van der Waals surface area contributed by atoms with Crippen molar-refractivity contribution in [2.75, 3.05) is 39.6 Å². The maximum atomic E-state index is 13.1. The summed E-state index contributed by atoms with van der Waals surface area (Å²) < 4.78 is 68.7. The number of phosphoric acid groups is 2. The number of hydrogen-bond acceptors (Lipinski definition) is 15. The van der Waals surface area contributed by atoms with Crippen LogP contribution in [0.4, 0.5) is 0 Å². The van der Waals surface area contributed by atoms with Gasteiger partial charge in [0.1, 0.15) is 19.3 Å². The van der Waals surface area contributed by atoms with Crippen molar-refractivity contribution >= 4 is 39.5 Å². The molecule has 0 bridgehead atoms. The number of carbonyl (C=O) groups is 4. The van der Waals surface area contributed by atoms with Gasteiger partial charge in [-0.1, -0.05) is 364 Å². The Labute approximate surface area is 613 Å². The zero-order valence-corrected chi connectivity index (χ0v) is 67.6. The molecule has 0 saturated heterocycles. The summed E-state index contributed by atoms with van der Waals surface area (Å²) in [5.74, 6) is 0.929. The summed E-state index contributed by atoms with van der Waals surface area (Å²) in [6, 6.07) is 0. The molecule has 19 heteroatoms. The maximum absolute atomic E-state index is 13.1. The first-order chi connectivity index (χ1) is 48.1. The van der Waals surface area contributed by atoms with Gasteiger partial charge in [0.05, 0.1) is 26.4 Å². The minimum Gasteiger partial charge on any atom is -0.462 e. The highest BCUT2D eigenvalue weighted by molar-refractivity contribution is 7.47. The molecule has 0 aromatic rings. The van der Waals surface area contributed by atoms with E-state index < -0.39 is 97.5 Å². The number of aliphatic hydroxyl groups is 1. The van der Waals surface area contributed by atoms with Gasteiger partial charge in [-0.25, -0.2) is 9.13 Å². The minimum atomic E-state index is -4.96. The molecule has 3 N–H and O–H groups in total. The molecule has 3 unspecified atom stereocenters. The fourth-order valence-electron chi connectivity index (χ4n) is 12.4. The van der Waals surface area contributed by atoms with Gasteiger partial charge in [-0.2, -0.15) is 0 Å². The molecule has 0 spiro atoms. The smallest absolute Gasteiger partial charge is 0.462 e. The largest absolute Gasteiger partial charge is 0.472 e. The van der Waals surface area contributed by atoms with E-state index in [1.54, 1.807) is 0 Å². The van der Waals surface area contributed by atoms with E-state index in [1.165, 1.54) is 212 Å². The molecule has 0 aliphatic heterocycles. The lowest BCUT2D eigenvalue weighted by Crippen LogP contribution is -2.30. The lowest BCUT2D eigenvalue weighted by atomic mass is 10.0. The van der Waals surface area contributed by atoms with Gasteiger partial charge in [0.2, 0.25) is 0 Å². The molecule has 0 aromatic carbocycles. The normalized spacial score (nSPS) is 14.0. The third-order valence-corrected chi connectivity index (χ3v) is 20.7. The summed E-state index contributed by atoms with van der Waals surface area (Å²) in [5, 5.41) is 10.6. The first kappa shape index (κ1) is 98.1. The Balaban J connectivity index is 5.18. The molecular weight excluding hydrogens is 1310 g/mol. The molecule has 0 fully saturated rings. The highest BCUT2D eigenvalue weighted by atomic mass is 31.2. The molecule has 0 amide bonds. The van der Waals surface area contributed by atoms with Crippen molar-refractivity contribution < 1.29 is 80.2 Å². The first-order valence-electron chi connectivity index (χ1n) is 41.7. The topological polar surface area (TPSA) is 237 Å². The number of rotatable bonds is 78. The number of carbonyl (C=O) groups excluding carboxylic acids is 4. The highest BCUT2D eigenvalue weighted by Crippen LogP contribution is 2.45.